The zero-order valence-electron chi connectivity index (χ0n) is 12.4. The number of aromatic amines is 1. The monoisotopic (exact) mass is 296 g/mol. The summed E-state index contributed by atoms with van der Waals surface area (Å²) in [5.74, 6) is 0.0845. The lowest BCUT2D eigenvalue weighted by molar-refractivity contribution is 0.101. The topological polar surface area (TPSA) is 79.8 Å². The molecule has 0 aliphatic rings. The Hall–Kier alpha value is -2.89. The molecule has 112 valence electrons. The summed E-state index contributed by atoms with van der Waals surface area (Å²) < 4.78 is 1.93. The molecule has 2 N–H and O–H groups in total. The summed E-state index contributed by atoms with van der Waals surface area (Å²) in [5.41, 5.74) is 2.61. The second kappa shape index (κ2) is 5.48. The van der Waals surface area contributed by atoms with Crippen LogP contribution < -0.4 is 5.32 Å². The van der Waals surface area contributed by atoms with Crippen molar-refractivity contribution >= 4 is 28.7 Å². The van der Waals surface area contributed by atoms with Crippen molar-refractivity contribution in [1.29, 1.82) is 0 Å². The SMILES string of the molecule is CCn1c(NC(=O)c2cc(C(C)=O)c[nH]2)nc2ccccc21. The van der Waals surface area contributed by atoms with Crippen LogP contribution in [-0.4, -0.2) is 26.2 Å². The van der Waals surface area contributed by atoms with Crippen LogP contribution in [0.5, 0.6) is 0 Å². The van der Waals surface area contributed by atoms with Crippen LogP contribution in [0.2, 0.25) is 0 Å². The summed E-state index contributed by atoms with van der Waals surface area (Å²) in [6.45, 7) is 4.15. The van der Waals surface area contributed by atoms with Gasteiger partial charge in [-0.15, -0.1) is 0 Å². The van der Waals surface area contributed by atoms with Gasteiger partial charge in [0, 0.05) is 18.3 Å². The van der Waals surface area contributed by atoms with Crippen LogP contribution in [0.4, 0.5) is 5.95 Å². The first-order valence-corrected chi connectivity index (χ1v) is 7.06. The molecule has 0 bridgehead atoms. The number of aromatic nitrogens is 3. The van der Waals surface area contributed by atoms with Gasteiger partial charge in [-0.25, -0.2) is 4.98 Å². The van der Waals surface area contributed by atoms with E-state index in [9.17, 15) is 9.59 Å². The van der Waals surface area contributed by atoms with Gasteiger partial charge in [0.15, 0.2) is 5.78 Å². The molecule has 1 aromatic carbocycles. The molecule has 0 unspecified atom stereocenters. The van der Waals surface area contributed by atoms with Crippen LogP contribution in [0, 0.1) is 0 Å². The Bertz CT molecular complexity index is 860. The van der Waals surface area contributed by atoms with E-state index in [-0.39, 0.29) is 11.7 Å². The molecule has 22 heavy (non-hydrogen) atoms. The summed E-state index contributed by atoms with van der Waals surface area (Å²) in [7, 11) is 0. The Morgan fingerprint density at radius 1 is 1.32 bits per heavy atom. The van der Waals surface area contributed by atoms with Crippen LogP contribution in [0.25, 0.3) is 11.0 Å². The summed E-state index contributed by atoms with van der Waals surface area (Å²) in [6.07, 6.45) is 1.53. The number of hydrogen-bond donors (Lipinski definition) is 2. The van der Waals surface area contributed by atoms with Gasteiger partial charge in [-0.2, -0.15) is 0 Å². The first-order valence-electron chi connectivity index (χ1n) is 7.06. The number of benzene rings is 1. The van der Waals surface area contributed by atoms with Crippen LogP contribution in [0.3, 0.4) is 0 Å². The number of ketones is 1. The maximum atomic E-state index is 12.3. The van der Waals surface area contributed by atoms with Crippen molar-refractivity contribution in [3.63, 3.8) is 0 Å². The van der Waals surface area contributed by atoms with Crippen molar-refractivity contribution < 1.29 is 9.59 Å². The fourth-order valence-electron chi connectivity index (χ4n) is 2.39. The number of carbonyl (C=O) groups is 2. The van der Waals surface area contributed by atoms with Crippen molar-refractivity contribution in [1.82, 2.24) is 14.5 Å². The lowest BCUT2D eigenvalue weighted by Gasteiger charge is -2.06. The molecular weight excluding hydrogens is 280 g/mol. The number of fused-ring (bicyclic) bond motifs is 1. The standard InChI is InChI=1S/C16H16N4O2/c1-3-20-14-7-5-4-6-12(14)18-16(20)19-15(22)13-8-11(9-17-13)10(2)21/h4-9,17H,3H2,1-2H3,(H,18,19,22). The third-order valence-electron chi connectivity index (χ3n) is 3.53. The summed E-state index contributed by atoms with van der Waals surface area (Å²) in [4.78, 5) is 30.8. The molecule has 2 heterocycles. The fourth-order valence-corrected chi connectivity index (χ4v) is 2.39. The number of amides is 1. The van der Waals surface area contributed by atoms with E-state index in [2.05, 4.69) is 15.3 Å². The minimum atomic E-state index is -0.322. The van der Waals surface area contributed by atoms with E-state index in [1.54, 1.807) is 0 Å². The molecule has 3 rings (SSSR count). The summed E-state index contributed by atoms with van der Waals surface area (Å²) in [6, 6.07) is 9.25. The van der Waals surface area contributed by atoms with E-state index in [1.807, 2.05) is 35.8 Å². The van der Waals surface area contributed by atoms with E-state index in [4.69, 9.17) is 0 Å². The Morgan fingerprint density at radius 3 is 2.77 bits per heavy atom. The summed E-state index contributed by atoms with van der Waals surface area (Å²) >= 11 is 0. The van der Waals surface area contributed by atoms with Gasteiger partial charge in [-0.1, -0.05) is 12.1 Å². The number of H-pyrrole nitrogens is 1. The number of nitrogens with zero attached hydrogens (tertiary/aromatic N) is 2. The van der Waals surface area contributed by atoms with Crippen molar-refractivity contribution in [2.45, 2.75) is 20.4 Å². The van der Waals surface area contributed by atoms with Gasteiger partial charge in [-0.3, -0.25) is 14.9 Å². The molecule has 6 nitrogen and oxygen atoms in total. The number of anilines is 1. The first kappa shape index (κ1) is 14.1. The molecule has 2 aromatic heterocycles. The largest absolute Gasteiger partial charge is 0.356 e. The second-order valence-electron chi connectivity index (χ2n) is 4.98. The number of nitrogens with one attached hydrogen (secondary N) is 2. The van der Waals surface area contributed by atoms with E-state index in [0.717, 1.165) is 11.0 Å². The predicted octanol–water partition coefficient (Wildman–Crippen LogP) is 2.84. The number of rotatable bonds is 4. The molecule has 0 saturated heterocycles. The molecular formula is C16H16N4O2. The number of Topliss-reactive ketones (excluding diaryl/α,β-unsaturated/α-hetero) is 1. The molecule has 1 amide bonds. The highest BCUT2D eigenvalue weighted by Crippen LogP contribution is 2.19. The maximum absolute atomic E-state index is 12.3. The minimum absolute atomic E-state index is 0.0869. The lowest BCUT2D eigenvalue weighted by atomic mass is 10.2. The van der Waals surface area contributed by atoms with E-state index in [0.29, 0.717) is 23.8 Å². The highest BCUT2D eigenvalue weighted by Gasteiger charge is 2.15. The van der Waals surface area contributed by atoms with Gasteiger partial charge >= 0.3 is 0 Å². The zero-order valence-corrected chi connectivity index (χ0v) is 12.4. The van der Waals surface area contributed by atoms with Gasteiger partial charge in [0.2, 0.25) is 5.95 Å². The Balaban J connectivity index is 1.91. The summed E-state index contributed by atoms with van der Waals surface area (Å²) in [5, 5.41) is 2.79. The Morgan fingerprint density at radius 2 is 2.09 bits per heavy atom. The number of hydrogen-bond acceptors (Lipinski definition) is 3. The quantitative estimate of drug-likeness (QED) is 0.726. The smallest absolute Gasteiger partial charge is 0.274 e. The normalized spacial score (nSPS) is 10.8. The molecule has 0 aliphatic heterocycles. The molecule has 3 aromatic rings. The van der Waals surface area contributed by atoms with Gasteiger partial charge in [0.25, 0.3) is 5.91 Å². The van der Waals surface area contributed by atoms with Crippen LogP contribution in [0.15, 0.2) is 36.5 Å². The van der Waals surface area contributed by atoms with Crippen LogP contribution in [0.1, 0.15) is 34.7 Å². The van der Waals surface area contributed by atoms with Crippen LogP contribution >= 0.6 is 0 Å². The van der Waals surface area contributed by atoms with Gasteiger partial charge < -0.3 is 9.55 Å². The van der Waals surface area contributed by atoms with Crippen molar-refractivity contribution in [3.05, 3.63) is 47.8 Å². The number of imidazole rings is 1. The first-order chi connectivity index (χ1) is 10.6. The van der Waals surface area contributed by atoms with Gasteiger partial charge in [-0.05, 0) is 32.0 Å². The molecule has 0 fully saturated rings. The number of para-hydroxylation sites is 2. The molecule has 0 radical (unpaired) electrons. The minimum Gasteiger partial charge on any atom is -0.356 e. The highest BCUT2D eigenvalue weighted by molar-refractivity contribution is 6.05. The second-order valence-corrected chi connectivity index (χ2v) is 4.98. The average Bonchev–Trinajstić information content (AvgIpc) is 3.11. The average molecular weight is 296 g/mol. The maximum Gasteiger partial charge on any atom is 0.274 e. The van der Waals surface area contributed by atoms with E-state index < -0.39 is 0 Å². The Labute approximate surface area is 127 Å². The van der Waals surface area contributed by atoms with Gasteiger partial charge in [0.1, 0.15) is 5.69 Å². The third-order valence-corrected chi connectivity index (χ3v) is 3.53. The van der Waals surface area contributed by atoms with Crippen molar-refractivity contribution in [2.75, 3.05) is 5.32 Å². The molecule has 0 aliphatic carbocycles. The van der Waals surface area contributed by atoms with E-state index in [1.165, 1.54) is 19.2 Å². The third kappa shape index (κ3) is 2.39. The number of carbonyl (C=O) groups excluding carboxylic acids is 2. The molecule has 0 spiro atoms. The van der Waals surface area contributed by atoms with Crippen molar-refractivity contribution in [2.24, 2.45) is 0 Å². The zero-order chi connectivity index (χ0) is 15.7. The van der Waals surface area contributed by atoms with Gasteiger partial charge in [0.05, 0.1) is 11.0 Å². The van der Waals surface area contributed by atoms with Crippen molar-refractivity contribution in [3.8, 4) is 0 Å². The fraction of sp³-hybridized carbons (Fsp3) is 0.188. The molecule has 0 saturated carbocycles. The lowest BCUT2D eigenvalue weighted by Crippen LogP contribution is -2.16. The Kier molecular flexibility index (Phi) is 3.50. The van der Waals surface area contributed by atoms with E-state index >= 15 is 0 Å². The highest BCUT2D eigenvalue weighted by atomic mass is 16.2. The molecule has 0 atom stereocenters. The predicted molar refractivity (Wildman–Crippen MR) is 84.2 cm³/mol. The van der Waals surface area contributed by atoms with Crippen LogP contribution in [-0.2, 0) is 6.54 Å². The molecule has 6 heteroatoms. The number of aryl methyl sites for hydroxylation is 1.